The van der Waals surface area contributed by atoms with Gasteiger partial charge in [-0.3, -0.25) is 14.6 Å². The van der Waals surface area contributed by atoms with Crippen molar-refractivity contribution >= 4 is 17.7 Å². The molecular weight excluding hydrogens is 600 g/mol. The number of piperazine rings is 1. The van der Waals surface area contributed by atoms with Crippen molar-refractivity contribution in [3.05, 3.63) is 149 Å². The lowest BCUT2D eigenvalue weighted by atomic mass is 9.91. The van der Waals surface area contributed by atoms with Crippen LogP contribution in [0.5, 0.6) is 0 Å². The minimum Gasteiger partial charge on any atom is -0.444 e. The summed E-state index contributed by atoms with van der Waals surface area (Å²) in [4.78, 5) is 37.2. The zero-order chi connectivity index (χ0) is 34.1. The maximum absolute atomic E-state index is 14.5. The molecule has 8 nitrogen and oxygen atoms in total. The molecule has 4 aromatic rings. The summed E-state index contributed by atoms with van der Waals surface area (Å²) in [6.07, 6.45) is -1.59. The Labute approximate surface area is 284 Å². The van der Waals surface area contributed by atoms with Crippen LogP contribution < -0.4 is 0 Å². The van der Waals surface area contributed by atoms with Gasteiger partial charge in [0, 0.05) is 38.8 Å². The second-order valence-corrected chi connectivity index (χ2v) is 13.3. The number of aliphatic hydroxyl groups excluding tert-OH is 1. The predicted molar refractivity (Wildman–Crippen MR) is 187 cm³/mol. The number of hydrogen-bond donors (Lipinski definition) is 1. The van der Waals surface area contributed by atoms with E-state index in [2.05, 4.69) is 9.74 Å². The van der Waals surface area contributed by atoms with Crippen LogP contribution in [0, 0.1) is 6.57 Å². The molecule has 1 N–H and O–H groups in total. The summed E-state index contributed by atoms with van der Waals surface area (Å²) < 4.78 is 5.80. The molecule has 1 heterocycles. The van der Waals surface area contributed by atoms with Crippen molar-refractivity contribution < 1.29 is 19.4 Å². The molecule has 1 aliphatic rings. The van der Waals surface area contributed by atoms with Gasteiger partial charge in [0.15, 0.2) is 5.69 Å². The van der Waals surface area contributed by atoms with Gasteiger partial charge in [0.25, 0.3) is 0 Å². The van der Waals surface area contributed by atoms with Crippen molar-refractivity contribution in [2.24, 2.45) is 0 Å². The molecule has 0 saturated carbocycles. The SMILES string of the molecule is [C-]#[N+]c1cccc(C[C@H]([C@H](O)[C@H]2C(=O)N(Cc3ccccc3)CCN2C(=O)OC(C)(C)C)N(Cc2ccccc2)Cc2ccccc2)c1. The molecule has 8 heteroatoms. The van der Waals surface area contributed by atoms with E-state index >= 15 is 0 Å². The number of benzene rings is 4. The summed E-state index contributed by atoms with van der Waals surface area (Å²) in [7, 11) is 0. The maximum Gasteiger partial charge on any atom is 0.411 e. The van der Waals surface area contributed by atoms with Crippen LogP contribution in [0.25, 0.3) is 4.85 Å². The fraction of sp³-hybridized carbons (Fsp3) is 0.325. The van der Waals surface area contributed by atoms with Gasteiger partial charge in [-0.1, -0.05) is 121 Å². The molecule has 0 aromatic heterocycles. The first-order valence-electron chi connectivity index (χ1n) is 16.4. The van der Waals surface area contributed by atoms with Gasteiger partial charge in [0.1, 0.15) is 11.6 Å². The molecule has 3 atom stereocenters. The van der Waals surface area contributed by atoms with Gasteiger partial charge in [-0.15, -0.1) is 0 Å². The van der Waals surface area contributed by atoms with E-state index in [1.54, 1.807) is 31.7 Å². The number of rotatable bonds is 11. The minimum atomic E-state index is -1.30. The van der Waals surface area contributed by atoms with E-state index in [4.69, 9.17) is 11.3 Å². The van der Waals surface area contributed by atoms with Crippen LogP contribution in [0.2, 0.25) is 0 Å². The molecule has 48 heavy (non-hydrogen) atoms. The second kappa shape index (κ2) is 15.7. The molecular formula is C40H44N4O4. The van der Waals surface area contributed by atoms with Gasteiger partial charge >= 0.3 is 6.09 Å². The van der Waals surface area contributed by atoms with Crippen LogP contribution in [0.15, 0.2) is 115 Å². The lowest BCUT2D eigenvalue weighted by molar-refractivity contribution is -0.150. The summed E-state index contributed by atoms with van der Waals surface area (Å²) in [6.45, 7) is 14.8. The number of hydrogen-bond acceptors (Lipinski definition) is 5. The number of nitrogens with zero attached hydrogens (tertiary/aromatic N) is 4. The monoisotopic (exact) mass is 644 g/mol. The minimum absolute atomic E-state index is 0.215. The standard InChI is InChI=1S/C40H44N4O4/c1-40(2,3)48-39(47)44-24-23-42(27-30-15-8-5-9-16-30)38(46)36(44)37(45)35(26-33-21-14-22-34(25-33)41-4)43(28-31-17-10-6-11-18-31)29-32-19-12-7-13-20-32/h5-22,25,35-37,45H,23-24,26-29H2,1-3H3/t35-,36+,37+/m1/s1. The average Bonchev–Trinajstić information content (AvgIpc) is 3.08. The molecule has 0 aliphatic carbocycles. The molecule has 248 valence electrons. The Morgan fingerprint density at radius 2 is 1.40 bits per heavy atom. The van der Waals surface area contributed by atoms with Crippen molar-refractivity contribution in [2.45, 2.75) is 70.6 Å². The molecule has 0 bridgehead atoms. The smallest absolute Gasteiger partial charge is 0.411 e. The molecule has 0 unspecified atom stereocenters. The van der Waals surface area contributed by atoms with E-state index in [9.17, 15) is 14.7 Å². The highest BCUT2D eigenvalue weighted by molar-refractivity contribution is 5.87. The molecule has 1 saturated heterocycles. The molecule has 5 rings (SSSR count). The summed E-state index contributed by atoms with van der Waals surface area (Å²) in [5, 5.41) is 12.6. The van der Waals surface area contributed by atoms with Crippen molar-refractivity contribution in [3.8, 4) is 0 Å². The summed E-state index contributed by atoms with van der Waals surface area (Å²) >= 11 is 0. The molecule has 2 amide bonds. The maximum atomic E-state index is 14.5. The van der Waals surface area contributed by atoms with E-state index in [0.717, 1.165) is 22.3 Å². The van der Waals surface area contributed by atoms with E-state index in [0.29, 0.717) is 38.3 Å². The lowest BCUT2D eigenvalue weighted by Crippen LogP contribution is -2.66. The van der Waals surface area contributed by atoms with Crippen molar-refractivity contribution in [1.82, 2.24) is 14.7 Å². The molecule has 1 fully saturated rings. The van der Waals surface area contributed by atoms with Crippen LogP contribution in [0.4, 0.5) is 10.5 Å². The Balaban J connectivity index is 1.58. The predicted octanol–water partition coefficient (Wildman–Crippen LogP) is 6.86. The number of amides is 2. The zero-order valence-electron chi connectivity index (χ0n) is 27.9. The van der Waals surface area contributed by atoms with Crippen LogP contribution in [-0.2, 0) is 35.6 Å². The van der Waals surface area contributed by atoms with Crippen molar-refractivity contribution in [3.63, 3.8) is 0 Å². The highest BCUT2D eigenvalue weighted by atomic mass is 16.6. The third-order valence-electron chi connectivity index (χ3n) is 8.48. The number of ether oxygens (including phenoxy) is 1. The fourth-order valence-electron chi connectivity index (χ4n) is 6.21. The molecule has 1 aliphatic heterocycles. The highest BCUT2D eigenvalue weighted by Gasteiger charge is 2.47. The van der Waals surface area contributed by atoms with Crippen LogP contribution in [-0.4, -0.2) is 68.7 Å². The largest absolute Gasteiger partial charge is 0.444 e. The van der Waals surface area contributed by atoms with Gasteiger partial charge in [0.2, 0.25) is 5.91 Å². The Hall–Kier alpha value is -4.97. The zero-order valence-corrected chi connectivity index (χ0v) is 27.9. The number of aliphatic hydroxyl groups is 1. The summed E-state index contributed by atoms with van der Waals surface area (Å²) in [5.41, 5.74) is 3.62. The first-order valence-corrected chi connectivity index (χ1v) is 16.4. The Morgan fingerprint density at radius 3 is 1.94 bits per heavy atom. The molecule has 0 spiro atoms. The third-order valence-corrected chi connectivity index (χ3v) is 8.48. The van der Waals surface area contributed by atoms with E-state index in [1.165, 1.54) is 4.90 Å². The Morgan fingerprint density at radius 1 is 0.854 bits per heavy atom. The highest BCUT2D eigenvalue weighted by Crippen LogP contribution is 2.28. The average molecular weight is 645 g/mol. The van der Waals surface area contributed by atoms with Crippen LogP contribution >= 0.6 is 0 Å². The van der Waals surface area contributed by atoms with Crippen molar-refractivity contribution in [2.75, 3.05) is 13.1 Å². The van der Waals surface area contributed by atoms with Crippen molar-refractivity contribution in [1.29, 1.82) is 0 Å². The van der Waals surface area contributed by atoms with Gasteiger partial charge in [-0.2, -0.15) is 0 Å². The van der Waals surface area contributed by atoms with E-state index < -0.39 is 29.9 Å². The van der Waals surface area contributed by atoms with E-state index in [-0.39, 0.29) is 12.5 Å². The molecule has 4 aromatic carbocycles. The summed E-state index contributed by atoms with van der Waals surface area (Å²) in [6, 6.07) is 35.3. The first kappa shape index (κ1) is 34.4. The van der Waals surface area contributed by atoms with Crippen LogP contribution in [0.3, 0.4) is 0 Å². The Bertz CT molecular complexity index is 1640. The lowest BCUT2D eigenvalue weighted by Gasteiger charge is -2.46. The third kappa shape index (κ3) is 9.09. The quantitative estimate of drug-likeness (QED) is 0.181. The summed E-state index contributed by atoms with van der Waals surface area (Å²) in [5.74, 6) is -0.331. The number of carbonyl (C=O) groups is 2. The normalized spacial score (nSPS) is 16.3. The Kier molecular flexibility index (Phi) is 11.3. The fourth-order valence-corrected chi connectivity index (χ4v) is 6.21. The second-order valence-electron chi connectivity index (χ2n) is 13.3. The first-order chi connectivity index (χ1) is 23.1. The van der Waals surface area contributed by atoms with Crippen LogP contribution in [0.1, 0.15) is 43.0 Å². The van der Waals surface area contributed by atoms with Gasteiger partial charge < -0.3 is 14.7 Å². The topological polar surface area (TPSA) is 77.7 Å². The van der Waals surface area contributed by atoms with Gasteiger partial charge in [-0.25, -0.2) is 9.64 Å². The van der Waals surface area contributed by atoms with Gasteiger partial charge in [0.05, 0.1) is 12.7 Å². The van der Waals surface area contributed by atoms with Gasteiger partial charge in [-0.05, 0) is 43.9 Å². The number of carbonyl (C=O) groups excluding carboxylic acids is 2. The molecule has 0 radical (unpaired) electrons. The van der Waals surface area contributed by atoms with E-state index in [1.807, 2.05) is 109 Å².